The summed E-state index contributed by atoms with van der Waals surface area (Å²) in [5, 5.41) is 0.779. The van der Waals surface area contributed by atoms with Gasteiger partial charge in [0, 0.05) is 17.0 Å². The quantitative estimate of drug-likeness (QED) is 0.722. The fourth-order valence-electron chi connectivity index (χ4n) is 2.98. The van der Waals surface area contributed by atoms with E-state index in [4.69, 9.17) is 0 Å². The van der Waals surface area contributed by atoms with E-state index < -0.39 is 0 Å². The highest BCUT2D eigenvalue weighted by molar-refractivity contribution is 5.79. The summed E-state index contributed by atoms with van der Waals surface area (Å²) < 4.78 is 0. The second-order valence-electron chi connectivity index (χ2n) is 5.28. The van der Waals surface area contributed by atoms with Gasteiger partial charge in [0.05, 0.1) is 5.39 Å². The fourth-order valence-corrected chi connectivity index (χ4v) is 2.98. The first kappa shape index (κ1) is 11.5. The Morgan fingerprint density at radius 1 is 1.17 bits per heavy atom. The van der Waals surface area contributed by atoms with Gasteiger partial charge in [0.2, 0.25) is 0 Å². The van der Waals surface area contributed by atoms with Crippen LogP contribution in [0.1, 0.15) is 41.8 Å². The van der Waals surface area contributed by atoms with Crippen LogP contribution in [0.3, 0.4) is 0 Å². The summed E-state index contributed by atoms with van der Waals surface area (Å²) in [6.07, 6.45) is 5.39. The van der Waals surface area contributed by atoms with Crippen molar-refractivity contribution < 1.29 is 0 Å². The Balaban J connectivity index is 2.38. The molecule has 3 nitrogen and oxygen atoms in total. The van der Waals surface area contributed by atoms with E-state index in [1.54, 1.807) is 0 Å². The number of hydrogen-bond donors (Lipinski definition) is 1. The highest BCUT2D eigenvalue weighted by Crippen LogP contribution is 2.20. The van der Waals surface area contributed by atoms with E-state index in [1.165, 1.54) is 12.8 Å². The molecule has 1 N–H and O–H groups in total. The van der Waals surface area contributed by atoms with Crippen LogP contribution in [0.25, 0.3) is 11.0 Å². The van der Waals surface area contributed by atoms with Gasteiger partial charge >= 0.3 is 0 Å². The fraction of sp³-hybridized carbons (Fsp3) is 0.467. The van der Waals surface area contributed by atoms with Crippen molar-refractivity contribution in [2.24, 2.45) is 0 Å². The van der Waals surface area contributed by atoms with Gasteiger partial charge in [0.1, 0.15) is 5.65 Å². The molecule has 0 bridgehead atoms. The van der Waals surface area contributed by atoms with Gasteiger partial charge in [-0.1, -0.05) is 6.42 Å². The predicted octanol–water partition coefficient (Wildman–Crippen LogP) is 2.81. The normalized spacial score (nSPS) is 15.4. The molecule has 0 fully saturated rings. The van der Waals surface area contributed by atoms with Crippen LogP contribution in [0.15, 0.2) is 10.9 Å². The number of aryl methyl sites for hydroxylation is 3. The molecule has 94 valence electrons. The second-order valence-corrected chi connectivity index (χ2v) is 5.28. The van der Waals surface area contributed by atoms with Crippen molar-refractivity contribution in [3.63, 3.8) is 0 Å². The van der Waals surface area contributed by atoms with Crippen LogP contribution in [0.5, 0.6) is 0 Å². The van der Waals surface area contributed by atoms with Crippen molar-refractivity contribution >= 4 is 11.0 Å². The molecule has 3 rings (SSSR count). The van der Waals surface area contributed by atoms with Gasteiger partial charge in [0.15, 0.2) is 5.43 Å². The Hall–Kier alpha value is -1.64. The van der Waals surface area contributed by atoms with Gasteiger partial charge in [-0.2, -0.15) is 0 Å². The van der Waals surface area contributed by atoms with Gasteiger partial charge in [0.25, 0.3) is 0 Å². The molecule has 0 aliphatic heterocycles. The number of fused-ring (bicyclic) bond motifs is 2. The van der Waals surface area contributed by atoms with Crippen LogP contribution in [0.4, 0.5) is 0 Å². The third-order valence-electron chi connectivity index (χ3n) is 3.83. The van der Waals surface area contributed by atoms with Crippen LogP contribution in [0.2, 0.25) is 0 Å². The molecular weight excluding hydrogens is 224 g/mol. The molecule has 0 spiro atoms. The number of pyridine rings is 2. The minimum Gasteiger partial charge on any atom is -0.343 e. The zero-order valence-electron chi connectivity index (χ0n) is 11.0. The molecule has 2 aromatic heterocycles. The number of H-pyrrole nitrogens is 1. The zero-order valence-corrected chi connectivity index (χ0v) is 11.0. The average molecular weight is 242 g/mol. The van der Waals surface area contributed by atoms with Gasteiger partial charge in [-0.05, 0) is 51.2 Å². The van der Waals surface area contributed by atoms with E-state index >= 15 is 0 Å². The Morgan fingerprint density at radius 3 is 2.78 bits per heavy atom. The number of aromatic nitrogens is 2. The van der Waals surface area contributed by atoms with Crippen LogP contribution >= 0.6 is 0 Å². The van der Waals surface area contributed by atoms with E-state index in [1.807, 2.05) is 19.9 Å². The first-order chi connectivity index (χ1) is 8.66. The molecule has 0 unspecified atom stereocenters. The molecule has 0 saturated heterocycles. The van der Waals surface area contributed by atoms with E-state index in [2.05, 4.69) is 9.97 Å². The zero-order chi connectivity index (χ0) is 12.7. The van der Waals surface area contributed by atoms with E-state index in [-0.39, 0.29) is 5.43 Å². The summed E-state index contributed by atoms with van der Waals surface area (Å²) in [4.78, 5) is 20.5. The van der Waals surface area contributed by atoms with Crippen molar-refractivity contribution in [3.8, 4) is 0 Å². The Kier molecular flexibility index (Phi) is 2.69. The Bertz CT molecular complexity index is 670. The highest BCUT2D eigenvalue weighted by Gasteiger charge is 2.16. The van der Waals surface area contributed by atoms with Gasteiger partial charge < -0.3 is 4.98 Å². The summed E-state index contributed by atoms with van der Waals surface area (Å²) >= 11 is 0. The molecule has 1 aliphatic rings. The highest BCUT2D eigenvalue weighted by atomic mass is 16.1. The number of rotatable bonds is 0. The lowest BCUT2D eigenvalue weighted by atomic mass is 10.0. The lowest BCUT2D eigenvalue weighted by Crippen LogP contribution is -2.16. The topological polar surface area (TPSA) is 45.8 Å². The lowest BCUT2D eigenvalue weighted by Gasteiger charge is -2.09. The summed E-state index contributed by atoms with van der Waals surface area (Å²) in [5.74, 6) is 0. The van der Waals surface area contributed by atoms with Crippen molar-refractivity contribution in [1.29, 1.82) is 0 Å². The van der Waals surface area contributed by atoms with Gasteiger partial charge in [-0.3, -0.25) is 4.79 Å². The summed E-state index contributed by atoms with van der Waals surface area (Å²) in [6.45, 7) is 3.96. The monoisotopic (exact) mass is 242 g/mol. The summed E-state index contributed by atoms with van der Waals surface area (Å²) in [5.41, 5.74) is 5.06. The molecule has 0 atom stereocenters. The van der Waals surface area contributed by atoms with Crippen molar-refractivity contribution in [2.75, 3.05) is 0 Å². The van der Waals surface area contributed by atoms with Crippen molar-refractivity contribution in [3.05, 3.63) is 38.8 Å². The molecule has 2 aromatic rings. The Morgan fingerprint density at radius 2 is 1.94 bits per heavy atom. The molecule has 1 aliphatic carbocycles. The Labute approximate surface area is 106 Å². The molecule has 3 heteroatoms. The van der Waals surface area contributed by atoms with Gasteiger partial charge in [-0.25, -0.2) is 4.98 Å². The predicted molar refractivity (Wildman–Crippen MR) is 73.1 cm³/mol. The van der Waals surface area contributed by atoms with Crippen LogP contribution in [0, 0.1) is 13.8 Å². The van der Waals surface area contributed by atoms with E-state index in [0.29, 0.717) is 0 Å². The maximum atomic E-state index is 12.6. The standard InChI is InChI=1S/C15H18N2O/c1-9-8-10(2)16-15-13(9)14(18)11-6-4-3-5-7-12(11)17-15/h8H,3-7H2,1-2H3,(H,16,17,18). The minimum atomic E-state index is 0.200. The first-order valence-corrected chi connectivity index (χ1v) is 6.69. The smallest absolute Gasteiger partial charge is 0.194 e. The molecule has 2 heterocycles. The molecule has 0 radical (unpaired) electrons. The number of nitrogens with one attached hydrogen (secondary N) is 1. The first-order valence-electron chi connectivity index (χ1n) is 6.69. The second kappa shape index (κ2) is 4.23. The summed E-state index contributed by atoms with van der Waals surface area (Å²) in [6, 6.07) is 1.99. The molecular formula is C15H18N2O. The maximum absolute atomic E-state index is 12.6. The van der Waals surface area contributed by atoms with Crippen LogP contribution < -0.4 is 5.43 Å². The third kappa shape index (κ3) is 1.74. The lowest BCUT2D eigenvalue weighted by molar-refractivity contribution is 0.708. The summed E-state index contributed by atoms with van der Waals surface area (Å²) in [7, 11) is 0. The number of aromatic amines is 1. The molecule has 0 saturated carbocycles. The molecule has 0 amide bonds. The third-order valence-corrected chi connectivity index (χ3v) is 3.83. The minimum absolute atomic E-state index is 0.200. The van der Waals surface area contributed by atoms with Gasteiger partial charge in [-0.15, -0.1) is 0 Å². The maximum Gasteiger partial charge on any atom is 0.194 e. The van der Waals surface area contributed by atoms with E-state index in [9.17, 15) is 4.79 Å². The number of nitrogens with zero attached hydrogens (tertiary/aromatic N) is 1. The van der Waals surface area contributed by atoms with Crippen molar-refractivity contribution in [2.45, 2.75) is 46.0 Å². The van der Waals surface area contributed by atoms with Crippen molar-refractivity contribution in [1.82, 2.24) is 9.97 Å². The SMILES string of the molecule is Cc1cc(C)c2c(=O)c3c([nH]c2n1)CCCCC3. The van der Waals surface area contributed by atoms with Crippen LogP contribution in [-0.2, 0) is 12.8 Å². The number of hydrogen-bond acceptors (Lipinski definition) is 2. The average Bonchev–Trinajstić information content (AvgIpc) is 2.53. The molecule has 0 aromatic carbocycles. The largest absolute Gasteiger partial charge is 0.343 e. The molecule has 18 heavy (non-hydrogen) atoms. The van der Waals surface area contributed by atoms with E-state index in [0.717, 1.165) is 52.8 Å². The van der Waals surface area contributed by atoms with Crippen LogP contribution in [-0.4, -0.2) is 9.97 Å².